The number of fused-ring (bicyclic) bond motifs is 1. The van der Waals surface area contributed by atoms with Crippen LogP contribution in [-0.2, 0) is 0 Å². The zero-order chi connectivity index (χ0) is 19.6. The van der Waals surface area contributed by atoms with Crippen LogP contribution in [0.25, 0.3) is 11.2 Å². The number of pyridine rings is 1. The highest BCUT2D eigenvalue weighted by atomic mass is 16.2. The molecule has 8 heteroatoms. The van der Waals surface area contributed by atoms with Crippen molar-refractivity contribution in [1.29, 1.82) is 0 Å². The predicted octanol–water partition coefficient (Wildman–Crippen LogP) is 2.47. The molecule has 0 aromatic carbocycles. The van der Waals surface area contributed by atoms with Gasteiger partial charge < -0.3 is 9.88 Å². The van der Waals surface area contributed by atoms with Crippen molar-refractivity contribution in [3.63, 3.8) is 0 Å². The van der Waals surface area contributed by atoms with Crippen LogP contribution in [0.1, 0.15) is 72.1 Å². The minimum absolute atomic E-state index is 0.0400. The maximum Gasteiger partial charge on any atom is 0.325 e. The first-order chi connectivity index (χ1) is 14.1. The van der Waals surface area contributed by atoms with E-state index in [1.165, 1.54) is 0 Å². The van der Waals surface area contributed by atoms with Gasteiger partial charge in [0.25, 0.3) is 5.91 Å². The number of hydrogen-bond acceptors (Lipinski definition) is 5. The molecule has 0 bridgehead atoms. The summed E-state index contributed by atoms with van der Waals surface area (Å²) in [5.74, 6) is 1.69. The van der Waals surface area contributed by atoms with E-state index in [1.807, 2.05) is 11.0 Å². The number of hydrogen-bond donors (Lipinski definition) is 2. The number of carbonyl (C=O) groups excluding carboxylic acids is 1. The zero-order valence-corrected chi connectivity index (χ0v) is 16.0. The minimum atomic E-state index is -0.233. The molecule has 2 aliphatic carbocycles. The largest absolute Gasteiger partial charge is 0.333 e. The topological polar surface area (TPSA) is 108 Å². The molecule has 1 atom stereocenters. The van der Waals surface area contributed by atoms with E-state index < -0.39 is 0 Å². The molecule has 6 rings (SSSR count). The summed E-state index contributed by atoms with van der Waals surface area (Å²) in [5, 5.41) is 0. The maximum atomic E-state index is 13.2. The SMILES string of the molecule is O=C(c1cnc(C2CC2)nc1)N1CCC(c2ccnc3[nH]c(=O)[nH]c23)CC12CC2. The highest BCUT2D eigenvalue weighted by Gasteiger charge is 2.53. The first kappa shape index (κ1) is 16.9. The second-order valence-electron chi connectivity index (χ2n) is 8.68. The highest BCUT2D eigenvalue weighted by molar-refractivity contribution is 5.94. The Morgan fingerprint density at radius 3 is 2.59 bits per heavy atom. The van der Waals surface area contributed by atoms with Crippen LogP contribution in [0, 0.1) is 0 Å². The van der Waals surface area contributed by atoms with E-state index in [2.05, 4.69) is 24.9 Å². The van der Waals surface area contributed by atoms with E-state index in [9.17, 15) is 9.59 Å². The Kier molecular flexibility index (Phi) is 3.48. The predicted molar refractivity (Wildman–Crippen MR) is 106 cm³/mol. The van der Waals surface area contributed by atoms with E-state index in [4.69, 9.17) is 0 Å². The van der Waals surface area contributed by atoms with Crippen LogP contribution in [0.5, 0.6) is 0 Å². The van der Waals surface area contributed by atoms with Crippen molar-refractivity contribution in [1.82, 2.24) is 29.8 Å². The number of aromatic amines is 2. The fourth-order valence-corrected chi connectivity index (χ4v) is 4.85. The van der Waals surface area contributed by atoms with Gasteiger partial charge in [-0.25, -0.2) is 19.7 Å². The zero-order valence-electron chi connectivity index (χ0n) is 16.0. The Balaban J connectivity index is 1.25. The lowest BCUT2D eigenvalue weighted by Gasteiger charge is -2.40. The van der Waals surface area contributed by atoms with E-state index in [0.29, 0.717) is 29.6 Å². The van der Waals surface area contributed by atoms with Crippen LogP contribution in [0.2, 0.25) is 0 Å². The molecule has 3 aliphatic rings. The molecule has 148 valence electrons. The number of H-pyrrole nitrogens is 2. The lowest BCUT2D eigenvalue weighted by atomic mass is 9.83. The van der Waals surface area contributed by atoms with Crippen molar-refractivity contribution in [2.45, 2.75) is 55.9 Å². The molecular formula is C21H22N6O2. The molecule has 29 heavy (non-hydrogen) atoms. The molecule has 0 radical (unpaired) electrons. The van der Waals surface area contributed by atoms with Crippen LogP contribution in [-0.4, -0.2) is 47.8 Å². The van der Waals surface area contributed by atoms with E-state index in [1.54, 1.807) is 18.6 Å². The number of piperidine rings is 1. The summed E-state index contributed by atoms with van der Waals surface area (Å²) in [7, 11) is 0. The number of aromatic nitrogens is 5. The summed E-state index contributed by atoms with van der Waals surface area (Å²) >= 11 is 0. The smallest absolute Gasteiger partial charge is 0.325 e. The fourth-order valence-electron chi connectivity index (χ4n) is 4.85. The molecule has 8 nitrogen and oxygen atoms in total. The first-order valence-corrected chi connectivity index (χ1v) is 10.3. The first-order valence-electron chi connectivity index (χ1n) is 10.3. The molecule has 2 N–H and O–H groups in total. The Hall–Kier alpha value is -3.03. The lowest BCUT2D eigenvalue weighted by molar-refractivity contribution is 0.0547. The van der Waals surface area contributed by atoms with Gasteiger partial charge in [0, 0.05) is 36.6 Å². The van der Waals surface area contributed by atoms with Crippen molar-refractivity contribution in [3.8, 4) is 0 Å². The molecule has 1 aliphatic heterocycles. The third kappa shape index (κ3) is 2.77. The molecular weight excluding hydrogens is 368 g/mol. The third-order valence-corrected chi connectivity index (χ3v) is 6.73. The van der Waals surface area contributed by atoms with Gasteiger partial charge in [-0.3, -0.25) is 9.78 Å². The molecule has 1 saturated heterocycles. The van der Waals surface area contributed by atoms with Gasteiger partial charge in [0.15, 0.2) is 5.65 Å². The molecule has 3 fully saturated rings. The van der Waals surface area contributed by atoms with Gasteiger partial charge in [0.1, 0.15) is 5.82 Å². The summed E-state index contributed by atoms with van der Waals surface area (Å²) in [6, 6.07) is 1.99. The van der Waals surface area contributed by atoms with Crippen molar-refractivity contribution >= 4 is 17.1 Å². The van der Waals surface area contributed by atoms with Crippen LogP contribution >= 0.6 is 0 Å². The summed E-state index contributed by atoms with van der Waals surface area (Å²) < 4.78 is 0. The van der Waals surface area contributed by atoms with Crippen molar-refractivity contribution in [3.05, 3.63) is 52.1 Å². The Labute approximate surface area is 166 Å². The normalized spacial score (nSPS) is 22.9. The number of rotatable bonds is 3. The number of amides is 1. The van der Waals surface area contributed by atoms with E-state index >= 15 is 0 Å². The average Bonchev–Trinajstić information content (AvgIpc) is 3.66. The van der Waals surface area contributed by atoms with Crippen molar-refractivity contribution in [2.75, 3.05) is 6.54 Å². The molecule has 3 aromatic heterocycles. The lowest BCUT2D eigenvalue weighted by Crippen LogP contribution is -2.47. The van der Waals surface area contributed by atoms with Gasteiger partial charge in [-0.05, 0) is 56.1 Å². The fraction of sp³-hybridized carbons (Fsp3) is 0.476. The molecule has 2 saturated carbocycles. The third-order valence-electron chi connectivity index (χ3n) is 6.73. The molecule has 4 heterocycles. The second-order valence-corrected chi connectivity index (χ2v) is 8.68. The van der Waals surface area contributed by atoms with Crippen molar-refractivity contribution in [2.24, 2.45) is 0 Å². The van der Waals surface area contributed by atoms with Gasteiger partial charge in [-0.2, -0.15) is 0 Å². The molecule has 1 unspecified atom stereocenters. The molecule has 1 amide bonds. The number of carbonyl (C=O) groups is 1. The summed E-state index contributed by atoms with van der Waals surface area (Å²) in [6.07, 6.45) is 11.3. The van der Waals surface area contributed by atoms with Crippen LogP contribution in [0.15, 0.2) is 29.5 Å². The standard InChI is InChI=1S/C21H22N6O2/c28-19(14-10-23-17(24-11-14)12-1-2-12)27-8-4-13(9-21(27)5-6-21)15-3-7-22-18-16(15)25-20(29)26-18/h3,7,10-13H,1-2,4-6,8-9H2,(H2,22,25,26,29). The number of nitrogens with zero attached hydrogens (tertiary/aromatic N) is 4. The number of nitrogens with one attached hydrogen (secondary N) is 2. The number of likely N-dealkylation sites (tertiary alicyclic amines) is 1. The Bertz CT molecular complexity index is 1160. The second kappa shape index (κ2) is 5.98. The summed E-state index contributed by atoms with van der Waals surface area (Å²) in [6.45, 7) is 0.701. The van der Waals surface area contributed by atoms with Crippen LogP contribution in [0.3, 0.4) is 0 Å². The Morgan fingerprint density at radius 1 is 1.07 bits per heavy atom. The van der Waals surface area contributed by atoms with E-state index in [-0.39, 0.29) is 17.1 Å². The molecule has 3 aromatic rings. The quantitative estimate of drug-likeness (QED) is 0.714. The van der Waals surface area contributed by atoms with E-state index in [0.717, 1.165) is 55.4 Å². The summed E-state index contributed by atoms with van der Waals surface area (Å²) in [4.78, 5) is 45.7. The maximum absolute atomic E-state index is 13.2. The number of imidazole rings is 1. The van der Waals surface area contributed by atoms with Gasteiger partial charge in [0.05, 0.1) is 11.1 Å². The van der Waals surface area contributed by atoms with Crippen LogP contribution in [0.4, 0.5) is 0 Å². The van der Waals surface area contributed by atoms with Crippen LogP contribution < -0.4 is 5.69 Å². The van der Waals surface area contributed by atoms with Gasteiger partial charge >= 0.3 is 5.69 Å². The van der Waals surface area contributed by atoms with Gasteiger partial charge in [-0.1, -0.05) is 0 Å². The summed E-state index contributed by atoms with van der Waals surface area (Å²) in [5.41, 5.74) is 2.78. The van der Waals surface area contributed by atoms with Gasteiger partial charge in [-0.15, -0.1) is 0 Å². The van der Waals surface area contributed by atoms with Crippen molar-refractivity contribution < 1.29 is 4.79 Å². The highest BCUT2D eigenvalue weighted by Crippen LogP contribution is 2.53. The molecule has 1 spiro atoms. The monoisotopic (exact) mass is 390 g/mol. The van der Waals surface area contributed by atoms with Gasteiger partial charge in [0.2, 0.25) is 0 Å². The Morgan fingerprint density at radius 2 is 1.86 bits per heavy atom. The average molecular weight is 390 g/mol. The minimum Gasteiger partial charge on any atom is -0.333 e.